The summed E-state index contributed by atoms with van der Waals surface area (Å²) < 4.78 is 0. The Hall–Kier alpha value is -1.59. The molecule has 6 nitrogen and oxygen atoms in total. The molecule has 86 valence electrons. The molecule has 0 bridgehead atoms. The summed E-state index contributed by atoms with van der Waals surface area (Å²) in [5, 5.41) is 13.3. The van der Waals surface area contributed by atoms with Crippen LogP contribution in [0.25, 0.3) is 0 Å². The zero-order chi connectivity index (χ0) is 11.8. The first-order chi connectivity index (χ1) is 6.99. The molecule has 0 rings (SSSR count). The number of carboxylic acids is 1. The van der Waals surface area contributed by atoms with Gasteiger partial charge in [0, 0.05) is 6.54 Å². The van der Waals surface area contributed by atoms with E-state index in [1.165, 1.54) is 6.92 Å². The lowest BCUT2D eigenvalue weighted by atomic mass is 10.2. The van der Waals surface area contributed by atoms with Gasteiger partial charge in [-0.05, 0) is 13.3 Å². The van der Waals surface area contributed by atoms with Crippen molar-refractivity contribution in [2.45, 2.75) is 20.3 Å². The van der Waals surface area contributed by atoms with Crippen LogP contribution in [0.2, 0.25) is 0 Å². The number of carboxylic acid groups (broad SMARTS) is 1. The first-order valence-electron chi connectivity index (χ1n) is 4.76. The van der Waals surface area contributed by atoms with Crippen molar-refractivity contribution in [2.24, 2.45) is 5.92 Å². The zero-order valence-corrected chi connectivity index (χ0v) is 8.87. The summed E-state index contributed by atoms with van der Waals surface area (Å²) in [5.41, 5.74) is 0. The van der Waals surface area contributed by atoms with Gasteiger partial charge in [0.2, 0.25) is 11.8 Å². The maximum Gasteiger partial charge on any atom is 0.315 e. The fraction of sp³-hybridized carbons (Fsp3) is 0.667. The molecule has 15 heavy (non-hydrogen) atoms. The van der Waals surface area contributed by atoms with Crippen LogP contribution in [-0.2, 0) is 14.4 Å². The first-order valence-corrected chi connectivity index (χ1v) is 4.76. The van der Waals surface area contributed by atoms with Crippen LogP contribution in [0.3, 0.4) is 0 Å². The Morgan fingerprint density at radius 2 is 1.87 bits per heavy atom. The van der Waals surface area contributed by atoms with E-state index in [2.05, 4.69) is 10.6 Å². The van der Waals surface area contributed by atoms with Gasteiger partial charge in [-0.15, -0.1) is 0 Å². The molecule has 2 amide bonds. The summed E-state index contributed by atoms with van der Waals surface area (Å²) in [7, 11) is 0. The van der Waals surface area contributed by atoms with Gasteiger partial charge in [0.15, 0.2) is 0 Å². The van der Waals surface area contributed by atoms with Gasteiger partial charge in [-0.25, -0.2) is 0 Å². The van der Waals surface area contributed by atoms with Crippen LogP contribution < -0.4 is 10.6 Å². The summed E-state index contributed by atoms with van der Waals surface area (Å²) in [5.74, 6) is -3.32. The van der Waals surface area contributed by atoms with E-state index in [1.807, 2.05) is 6.92 Å². The second-order valence-electron chi connectivity index (χ2n) is 3.13. The van der Waals surface area contributed by atoms with Gasteiger partial charge in [0.25, 0.3) is 0 Å². The van der Waals surface area contributed by atoms with Crippen LogP contribution in [0.5, 0.6) is 0 Å². The highest BCUT2D eigenvalue weighted by molar-refractivity contribution is 5.97. The molecule has 0 aromatic heterocycles. The van der Waals surface area contributed by atoms with Crippen molar-refractivity contribution in [1.82, 2.24) is 10.6 Å². The summed E-state index contributed by atoms with van der Waals surface area (Å²) >= 11 is 0. The minimum absolute atomic E-state index is 0.184. The van der Waals surface area contributed by atoms with Crippen molar-refractivity contribution in [3.8, 4) is 0 Å². The standard InChI is InChI=1S/C9H16N2O4/c1-3-4-10-7(12)5-11-8(13)6(2)9(14)15/h6H,3-5H2,1-2H3,(H,10,12)(H,11,13)(H,14,15). The number of nitrogens with one attached hydrogen (secondary N) is 2. The number of aliphatic carboxylic acids is 1. The van der Waals surface area contributed by atoms with Gasteiger partial charge in [-0.1, -0.05) is 6.92 Å². The van der Waals surface area contributed by atoms with Crippen molar-refractivity contribution in [3.63, 3.8) is 0 Å². The predicted molar refractivity (Wildman–Crippen MR) is 53.1 cm³/mol. The number of rotatable bonds is 6. The molecule has 1 atom stereocenters. The van der Waals surface area contributed by atoms with Crippen LogP contribution in [-0.4, -0.2) is 36.0 Å². The Bertz CT molecular complexity index is 252. The molecular weight excluding hydrogens is 200 g/mol. The highest BCUT2D eigenvalue weighted by Crippen LogP contribution is 1.93. The topological polar surface area (TPSA) is 95.5 Å². The fourth-order valence-corrected chi connectivity index (χ4v) is 0.760. The van der Waals surface area contributed by atoms with E-state index in [-0.39, 0.29) is 12.5 Å². The predicted octanol–water partition coefficient (Wildman–Crippen LogP) is -0.650. The third kappa shape index (κ3) is 5.66. The molecule has 0 fully saturated rings. The number of amides is 2. The van der Waals surface area contributed by atoms with Gasteiger partial charge in [-0.2, -0.15) is 0 Å². The second-order valence-corrected chi connectivity index (χ2v) is 3.13. The zero-order valence-electron chi connectivity index (χ0n) is 8.87. The Balaban J connectivity index is 3.80. The molecule has 0 aliphatic carbocycles. The molecule has 6 heteroatoms. The summed E-state index contributed by atoms with van der Waals surface area (Å²) in [6, 6.07) is 0. The van der Waals surface area contributed by atoms with Crippen molar-refractivity contribution in [1.29, 1.82) is 0 Å². The SMILES string of the molecule is CCCNC(=O)CNC(=O)C(C)C(=O)O. The molecule has 1 unspecified atom stereocenters. The number of hydrogen-bond acceptors (Lipinski definition) is 3. The van der Waals surface area contributed by atoms with E-state index in [9.17, 15) is 14.4 Å². The highest BCUT2D eigenvalue weighted by atomic mass is 16.4. The van der Waals surface area contributed by atoms with Crippen molar-refractivity contribution >= 4 is 17.8 Å². The molecule has 0 heterocycles. The average Bonchev–Trinajstić information content (AvgIpc) is 2.21. The van der Waals surface area contributed by atoms with Crippen LogP contribution in [0.4, 0.5) is 0 Å². The highest BCUT2D eigenvalue weighted by Gasteiger charge is 2.20. The van der Waals surface area contributed by atoms with Gasteiger partial charge < -0.3 is 15.7 Å². The van der Waals surface area contributed by atoms with Crippen LogP contribution in [0.15, 0.2) is 0 Å². The van der Waals surface area contributed by atoms with Crippen molar-refractivity contribution in [3.05, 3.63) is 0 Å². The number of carbonyl (C=O) groups excluding carboxylic acids is 2. The molecule has 0 aliphatic rings. The molecule has 3 N–H and O–H groups in total. The molecule has 0 radical (unpaired) electrons. The van der Waals surface area contributed by atoms with E-state index in [0.29, 0.717) is 6.54 Å². The Kier molecular flexibility index (Phi) is 6.08. The molecule has 0 saturated heterocycles. The second kappa shape index (κ2) is 6.80. The maximum atomic E-state index is 11.1. The van der Waals surface area contributed by atoms with E-state index in [0.717, 1.165) is 6.42 Å². The summed E-state index contributed by atoms with van der Waals surface area (Å²) in [6.45, 7) is 3.53. The largest absolute Gasteiger partial charge is 0.481 e. The minimum Gasteiger partial charge on any atom is -0.481 e. The first kappa shape index (κ1) is 13.4. The quantitative estimate of drug-likeness (QED) is 0.514. The van der Waals surface area contributed by atoms with E-state index >= 15 is 0 Å². The van der Waals surface area contributed by atoms with Crippen LogP contribution >= 0.6 is 0 Å². The molecule has 0 saturated carbocycles. The third-order valence-electron chi connectivity index (χ3n) is 1.76. The molecule has 0 aliphatic heterocycles. The number of carbonyl (C=O) groups is 3. The van der Waals surface area contributed by atoms with Gasteiger partial charge in [0.1, 0.15) is 5.92 Å². The van der Waals surface area contributed by atoms with Crippen molar-refractivity contribution in [2.75, 3.05) is 13.1 Å². The van der Waals surface area contributed by atoms with Gasteiger partial charge in [0.05, 0.1) is 6.54 Å². The maximum absolute atomic E-state index is 11.1. The van der Waals surface area contributed by atoms with E-state index in [4.69, 9.17) is 5.11 Å². The fourth-order valence-electron chi connectivity index (χ4n) is 0.760. The van der Waals surface area contributed by atoms with Crippen LogP contribution in [0.1, 0.15) is 20.3 Å². The van der Waals surface area contributed by atoms with E-state index in [1.54, 1.807) is 0 Å². The lowest BCUT2D eigenvalue weighted by molar-refractivity contribution is -0.146. The normalized spacial score (nSPS) is 11.6. The molecule has 0 aromatic carbocycles. The lowest BCUT2D eigenvalue weighted by Crippen LogP contribution is -2.40. The Morgan fingerprint density at radius 1 is 1.27 bits per heavy atom. The van der Waals surface area contributed by atoms with Crippen molar-refractivity contribution < 1.29 is 19.5 Å². The monoisotopic (exact) mass is 216 g/mol. The lowest BCUT2D eigenvalue weighted by Gasteiger charge is -2.08. The molecular formula is C9H16N2O4. The third-order valence-corrected chi connectivity index (χ3v) is 1.76. The smallest absolute Gasteiger partial charge is 0.315 e. The van der Waals surface area contributed by atoms with Crippen LogP contribution in [0, 0.1) is 5.92 Å². The van der Waals surface area contributed by atoms with Gasteiger partial charge >= 0.3 is 5.97 Å². The van der Waals surface area contributed by atoms with E-state index < -0.39 is 17.8 Å². The average molecular weight is 216 g/mol. The summed E-state index contributed by atoms with van der Waals surface area (Å²) in [6.07, 6.45) is 0.811. The minimum atomic E-state index is -1.21. The van der Waals surface area contributed by atoms with Gasteiger partial charge in [-0.3, -0.25) is 14.4 Å². The molecule has 0 spiro atoms. The molecule has 0 aromatic rings. The summed E-state index contributed by atoms with van der Waals surface area (Å²) in [4.78, 5) is 32.5. The Labute approximate surface area is 88.0 Å². The Morgan fingerprint density at radius 3 is 2.33 bits per heavy atom. The number of hydrogen-bond donors (Lipinski definition) is 3.